The minimum absolute atomic E-state index is 0.173. The first-order valence-corrected chi connectivity index (χ1v) is 8.63. The van der Waals surface area contributed by atoms with Gasteiger partial charge in [-0.05, 0) is 41.7 Å². The van der Waals surface area contributed by atoms with Crippen LogP contribution >= 0.6 is 11.5 Å². The zero-order valence-corrected chi connectivity index (χ0v) is 14.0. The van der Waals surface area contributed by atoms with E-state index in [0.29, 0.717) is 6.61 Å². The van der Waals surface area contributed by atoms with E-state index in [2.05, 4.69) is 48.7 Å². The fourth-order valence-electron chi connectivity index (χ4n) is 3.39. The van der Waals surface area contributed by atoms with Crippen LogP contribution in [-0.4, -0.2) is 32.6 Å². The third-order valence-electron chi connectivity index (χ3n) is 4.63. The normalized spacial score (nSPS) is 17.8. The molecule has 120 valence electrons. The summed E-state index contributed by atoms with van der Waals surface area (Å²) >= 11 is 1.35. The van der Waals surface area contributed by atoms with Crippen LogP contribution in [0.15, 0.2) is 36.4 Å². The first kappa shape index (κ1) is 14.0. The quantitative estimate of drug-likeness (QED) is 0.716. The molecule has 2 aliphatic heterocycles. The van der Waals surface area contributed by atoms with Crippen LogP contribution < -0.4 is 4.90 Å². The molecule has 4 heterocycles. The van der Waals surface area contributed by atoms with Gasteiger partial charge in [0, 0.05) is 0 Å². The van der Waals surface area contributed by atoms with Gasteiger partial charge in [0.15, 0.2) is 10.8 Å². The summed E-state index contributed by atoms with van der Waals surface area (Å²) in [5, 5.41) is 9.46. The zero-order chi connectivity index (χ0) is 16.1. The standard InChI is InChI=1S/C17H15N5OS/c1-11-18-16(24-21-11)14-6-7-15(20-19-14)22-9-17(10-22)13-5-3-2-4-12(13)8-23-17/h2-7H,8-10H2,1H3. The molecule has 5 rings (SSSR count). The molecule has 24 heavy (non-hydrogen) atoms. The van der Waals surface area contributed by atoms with Gasteiger partial charge in [-0.2, -0.15) is 4.37 Å². The maximum atomic E-state index is 6.09. The van der Waals surface area contributed by atoms with Crippen molar-refractivity contribution in [3.63, 3.8) is 0 Å². The maximum absolute atomic E-state index is 6.09. The molecule has 0 amide bonds. The first-order chi connectivity index (χ1) is 11.7. The topological polar surface area (TPSA) is 64.0 Å². The van der Waals surface area contributed by atoms with Crippen molar-refractivity contribution in [1.29, 1.82) is 0 Å². The Morgan fingerprint density at radius 2 is 2.00 bits per heavy atom. The van der Waals surface area contributed by atoms with Crippen LogP contribution in [0.2, 0.25) is 0 Å². The van der Waals surface area contributed by atoms with Crippen LogP contribution in [0.3, 0.4) is 0 Å². The van der Waals surface area contributed by atoms with Gasteiger partial charge in [0.25, 0.3) is 0 Å². The van der Waals surface area contributed by atoms with E-state index in [1.54, 1.807) is 0 Å². The molecule has 1 saturated heterocycles. The highest BCUT2D eigenvalue weighted by molar-refractivity contribution is 7.09. The number of rotatable bonds is 2. The summed E-state index contributed by atoms with van der Waals surface area (Å²) < 4.78 is 10.3. The second kappa shape index (κ2) is 5.06. The molecular formula is C17H15N5OS. The van der Waals surface area contributed by atoms with Crippen LogP contribution in [0.25, 0.3) is 10.7 Å². The summed E-state index contributed by atoms with van der Waals surface area (Å²) in [5.74, 6) is 1.64. The fourth-order valence-corrected chi connectivity index (χ4v) is 4.02. The van der Waals surface area contributed by atoms with Crippen molar-refractivity contribution < 1.29 is 4.74 Å². The van der Waals surface area contributed by atoms with Crippen molar-refractivity contribution in [2.45, 2.75) is 19.1 Å². The number of benzene rings is 1. The first-order valence-electron chi connectivity index (χ1n) is 7.85. The van der Waals surface area contributed by atoms with Crippen LogP contribution in [0.1, 0.15) is 17.0 Å². The summed E-state index contributed by atoms with van der Waals surface area (Å²) in [6.45, 7) is 4.21. The molecule has 7 heteroatoms. The van der Waals surface area contributed by atoms with Gasteiger partial charge in [-0.1, -0.05) is 24.3 Å². The minimum atomic E-state index is -0.173. The molecule has 0 aliphatic carbocycles. The highest BCUT2D eigenvalue weighted by atomic mass is 32.1. The number of hydrogen-bond donors (Lipinski definition) is 0. The Kier molecular flexibility index (Phi) is 2.95. The Hall–Kier alpha value is -2.38. The Morgan fingerprint density at radius 3 is 2.75 bits per heavy atom. The molecule has 6 nitrogen and oxygen atoms in total. The van der Waals surface area contributed by atoms with Crippen molar-refractivity contribution in [3.8, 4) is 10.7 Å². The van der Waals surface area contributed by atoms with Gasteiger partial charge in [-0.3, -0.25) is 0 Å². The minimum Gasteiger partial charge on any atom is -0.362 e. The number of hydrogen-bond acceptors (Lipinski definition) is 7. The predicted molar refractivity (Wildman–Crippen MR) is 90.8 cm³/mol. The Bertz CT molecular complexity index is 901. The molecule has 3 aromatic rings. The van der Waals surface area contributed by atoms with Crippen LogP contribution in [0.4, 0.5) is 5.82 Å². The van der Waals surface area contributed by atoms with Crippen molar-refractivity contribution in [3.05, 3.63) is 53.3 Å². The lowest BCUT2D eigenvalue weighted by Crippen LogP contribution is -2.59. The average Bonchev–Trinajstić information content (AvgIpc) is 3.18. The van der Waals surface area contributed by atoms with Gasteiger partial charge in [0.2, 0.25) is 0 Å². The monoisotopic (exact) mass is 337 g/mol. The number of ether oxygens (including phenoxy) is 1. The average molecular weight is 337 g/mol. The number of aromatic nitrogens is 4. The molecule has 0 unspecified atom stereocenters. The lowest BCUT2D eigenvalue weighted by Gasteiger charge is -2.48. The van der Waals surface area contributed by atoms with E-state index in [4.69, 9.17) is 4.74 Å². The van der Waals surface area contributed by atoms with Gasteiger partial charge in [0.1, 0.15) is 17.1 Å². The van der Waals surface area contributed by atoms with E-state index >= 15 is 0 Å². The number of aryl methyl sites for hydroxylation is 1. The van der Waals surface area contributed by atoms with E-state index in [9.17, 15) is 0 Å². The Balaban J connectivity index is 1.35. The van der Waals surface area contributed by atoms with Gasteiger partial charge < -0.3 is 9.64 Å². The van der Waals surface area contributed by atoms with Crippen LogP contribution in [-0.2, 0) is 16.9 Å². The molecule has 2 aliphatic rings. The second-order valence-electron chi connectivity index (χ2n) is 6.22. The molecule has 1 fully saturated rings. The molecule has 0 bridgehead atoms. The van der Waals surface area contributed by atoms with Gasteiger partial charge in [-0.25, -0.2) is 4.98 Å². The largest absolute Gasteiger partial charge is 0.362 e. The Labute approximate surface area is 143 Å². The molecule has 0 N–H and O–H groups in total. The zero-order valence-electron chi connectivity index (χ0n) is 13.1. The SMILES string of the molecule is Cc1nsc(-c2ccc(N3CC4(C3)OCc3ccccc34)nn2)n1. The molecule has 0 saturated carbocycles. The van der Waals surface area contributed by atoms with Crippen molar-refractivity contribution in [2.75, 3.05) is 18.0 Å². The van der Waals surface area contributed by atoms with E-state index in [1.807, 2.05) is 19.1 Å². The third kappa shape index (κ3) is 2.05. The fraction of sp³-hybridized carbons (Fsp3) is 0.294. The van der Waals surface area contributed by atoms with Gasteiger partial charge in [0.05, 0.1) is 19.7 Å². The van der Waals surface area contributed by atoms with Crippen LogP contribution in [0, 0.1) is 6.92 Å². The van der Waals surface area contributed by atoms with Gasteiger partial charge in [-0.15, -0.1) is 10.2 Å². The van der Waals surface area contributed by atoms with Crippen molar-refractivity contribution in [1.82, 2.24) is 19.6 Å². The summed E-state index contributed by atoms with van der Waals surface area (Å²) in [6.07, 6.45) is 0. The highest BCUT2D eigenvalue weighted by Gasteiger charge is 2.50. The lowest BCUT2D eigenvalue weighted by atomic mass is 9.85. The van der Waals surface area contributed by atoms with Crippen LogP contribution in [0.5, 0.6) is 0 Å². The van der Waals surface area contributed by atoms with Crippen molar-refractivity contribution in [2.24, 2.45) is 0 Å². The number of anilines is 1. The molecule has 2 aromatic heterocycles. The summed E-state index contributed by atoms with van der Waals surface area (Å²) in [4.78, 5) is 6.54. The summed E-state index contributed by atoms with van der Waals surface area (Å²) in [7, 11) is 0. The maximum Gasteiger partial charge on any atom is 0.164 e. The van der Waals surface area contributed by atoms with Crippen molar-refractivity contribution >= 4 is 17.4 Å². The number of nitrogens with zero attached hydrogens (tertiary/aromatic N) is 5. The molecular weight excluding hydrogens is 322 g/mol. The third-order valence-corrected chi connectivity index (χ3v) is 5.45. The summed E-state index contributed by atoms with van der Waals surface area (Å²) in [6, 6.07) is 12.4. The second-order valence-corrected chi connectivity index (χ2v) is 6.97. The molecule has 0 radical (unpaired) electrons. The lowest BCUT2D eigenvalue weighted by molar-refractivity contribution is -0.0587. The smallest absolute Gasteiger partial charge is 0.164 e. The van der Waals surface area contributed by atoms with E-state index < -0.39 is 0 Å². The highest BCUT2D eigenvalue weighted by Crippen LogP contribution is 2.44. The molecule has 1 spiro atoms. The van der Waals surface area contributed by atoms with E-state index in [1.165, 1.54) is 22.7 Å². The van der Waals surface area contributed by atoms with E-state index in [0.717, 1.165) is 35.4 Å². The number of fused-ring (bicyclic) bond motifs is 2. The summed E-state index contributed by atoms with van der Waals surface area (Å²) in [5.41, 5.74) is 3.20. The molecule has 0 atom stereocenters. The predicted octanol–water partition coefficient (Wildman–Crippen LogP) is 2.55. The molecule has 1 aromatic carbocycles. The van der Waals surface area contributed by atoms with Gasteiger partial charge >= 0.3 is 0 Å². The Morgan fingerprint density at radius 1 is 1.12 bits per heavy atom. The van der Waals surface area contributed by atoms with E-state index in [-0.39, 0.29) is 5.60 Å².